The highest BCUT2D eigenvalue weighted by Gasteiger charge is 2.45. The van der Waals surface area contributed by atoms with Crippen LogP contribution in [-0.2, 0) is 0 Å². The van der Waals surface area contributed by atoms with E-state index in [2.05, 4.69) is 64.1 Å². The summed E-state index contributed by atoms with van der Waals surface area (Å²) in [5.74, 6) is 0.825. The zero-order valence-electron chi connectivity index (χ0n) is 14.3. The Morgan fingerprint density at radius 1 is 1.05 bits per heavy atom. The van der Waals surface area contributed by atoms with Crippen LogP contribution in [0.1, 0.15) is 41.5 Å². The van der Waals surface area contributed by atoms with Gasteiger partial charge >= 0.3 is 0 Å². The molecule has 0 aliphatic rings. The lowest BCUT2D eigenvalue weighted by molar-refractivity contribution is 0.413. The molecule has 2 aromatic heterocycles. The monoisotopic (exact) mass is 304 g/mol. The number of nitrogens with zero attached hydrogens (tertiary/aromatic N) is 2. The van der Waals surface area contributed by atoms with Crippen molar-refractivity contribution >= 4 is 19.3 Å². The zero-order chi connectivity index (χ0) is 15.8. The summed E-state index contributed by atoms with van der Waals surface area (Å²) in [5, 5.41) is 1.17. The third kappa shape index (κ3) is 2.39. The molecule has 116 valence electrons. The summed E-state index contributed by atoms with van der Waals surface area (Å²) in [6.45, 7) is 14.3. The molecule has 0 aliphatic heterocycles. The van der Waals surface area contributed by atoms with Gasteiger partial charge in [0.25, 0.3) is 0 Å². The van der Waals surface area contributed by atoms with Gasteiger partial charge in [-0.2, -0.15) is 0 Å². The van der Waals surface area contributed by atoms with E-state index < -0.39 is 8.24 Å². The van der Waals surface area contributed by atoms with Crippen LogP contribution in [-0.4, -0.2) is 24.6 Å². The van der Waals surface area contributed by atoms with Gasteiger partial charge < -0.3 is 8.97 Å². The van der Waals surface area contributed by atoms with Crippen LogP contribution in [0.4, 0.5) is 0 Å². The Kier molecular flexibility index (Phi) is 4.47. The minimum absolute atomic E-state index is 0.664. The number of aromatic nitrogens is 2. The topological polar surface area (TPSA) is 27.1 Å². The minimum atomic E-state index is -1.73. The van der Waals surface area contributed by atoms with Crippen LogP contribution in [0.25, 0.3) is 11.0 Å². The lowest BCUT2D eigenvalue weighted by atomic mass is 10.3. The Balaban J connectivity index is 2.71. The summed E-state index contributed by atoms with van der Waals surface area (Å²) in [5.41, 5.74) is 3.10. The van der Waals surface area contributed by atoms with Crippen molar-refractivity contribution in [2.45, 2.75) is 58.2 Å². The predicted octanol–water partition coefficient (Wildman–Crippen LogP) is 5.07. The normalized spacial score (nSPS) is 12.9. The van der Waals surface area contributed by atoms with Crippen molar-refractivity contribution < 1.29 is 4.74 Å². The van der Waals surface area contributed by atoms with Gasteiger partial charge in [-0.3, -0.25) is 0 Å². The molecule has 2 rings (SSSR count). The van der Waals surface area contributed by atoms with E-state index in [-0.39, 0.29) is 0 Å². The molecular formula is C17H28N2OSi. The molecule has 0 radical (unpaired) electrons. The molecule has 0 aliphatic carbocycles. The van der Waals surface area contributed by atoms with Crippen LogP contribution in [0.2, 0.25) is 16.6 Å². The van der Waals surface area contributed by atoms with E-state index in [4.69, 9.17) is 9.72 Å². The van der Waals surface area contributed by atoms with Crippen LogP contribution in [0.3, 0.4) is 0 Å². The first kappa shape index (κ1) is 16.1. The summed E-state index contributed by atoms with van der Waals surface area (Å²) in [6.07, 6.45) is 4.09. The van der Waals surface area contributed by atoms with Crippen molar-refractivity contribution in [2.75, 3.05) is 7.11 Å². The van der Waals surface area contributed by atoms with Crippen LogP contribution < -0.4 is 4.74 Å². The highest BCUT2D eigenvalue weighted by atomic mass is 28.3. The second-order valence-corrected chi connectivity index (χ2v) is 12.5. The van der Waals surface area contributed by atoms with E-state index >= 15 is 0 Å². The van der Waals surface area contributed by atoms with Crippen LogP contribution >= 0.6 is 0 Å². The molecule has 2 heterocycles. The summed E-state index contributed by atoms with van der Waals surface area (Å²) < 4.78 is 7.83. The Morgan fingerprint density at radius 2 is 1.62 bits per heavy atom. The first-order valence-electron chi connectivity index (χ1n) is 7.87. The Bertz CT molecular complexity index is 595. The number of fused-ring (bicyclic) bond motifs is 1. The fourth-order valence-electron chi connectivity index (χ4n) is 4.26. The molecule has 0 spiro atoms. The molecule has 0 N–H and O–H groups in total. The Hall–Kier alpha value is -1.29. The van der Waals surface area contributed by atoms with E-state index in [1.54, 1.807) is 7.11 Å². The predicted molar refractivity (Wildman–Crippen MR) is 92.7 cm³/mol. The third-order valence-electron chi connectivity index (χ3n) is 4.93. The van der Waals surface area contributed by atoms with Crippen molar-refractivity contribution in [3.05, 3.63) is 24.5 Å². The molecule has 0 atom stereocenters. The maximum Gasteiger partial charge on any atom is 0.171 e. The van der Waals surface area contributed by atoms with Crippen molar-refractivity contribution in [1.29, 1.82) is 0 Å². The maximum absolute atomic E-state index is 5.30. The quantitative estimate of drug-likeness (QED) is 0.721. The van der Waals surface area contributed by atoms with Gasteiger partial charge in [0.05, 0.1) is 13.3 Å². The standard InChI is InChI=1S/C17H28N2OSi/c1-12(2)21(13(3)4,14(5)6)19-9-8-15-10-16(20-7)11-18-17(15)19/h8-14H,1-7H3. The van der Waals surface area contributed by atoms with Gasteiger partial charge in [0.15, 0.2) is 8.24 Å². The van der Waals surface area contributed by atoms with E-state index in [0.717, 1.165) is 11.4 Å². The van der Waals surface area contributed by atoms with E-state index in [9.17, 15) is 0 Å². The Labute approximate surface area is 129 Å². The molecule has 0 unspecified atom stereocenters. The number of hydrogen-bond acceptors (Lipinski definition) is 2. The van der Waals surface area contributed by atoms with Gasteiger partial charge in [-0.25, -0.2) is 4.98 Å². The van der Waals surface area contributed by atoms with Crippen LogP contribution in [0, 0.1) is 0 Å². The van der Waals surface area contributed by atoms with Gasteiger partial charge in [0.1, 0.15) is 11.4 Å². The average Bonchev–Trinajstić information content (AvgIpc) is 2.81. The van der Waals surface area contributed by atoms with Crippen LogP contribution in [0.15, 0.2) is 24.5 Å². The summed E-state index contributed by atoms with van der Waals surface area (Å²) in [6, 6.07) is 4.26. The molecule has 0 amide bonds. The molecule has 21 heavy (non-hydrogen) atoms. The first-order valence-corrected chi connectivity index (χ1v) is 10.0. The van der Waals surface area contributed by atoms with Crippen LogP contribution in [0.5, 0.6) is 5.75 Å². The third-order valence-corrected chi connectivity index (χ3v) is 11.7. The fraction of sp³-hybridized carbons (Fsp3) is 0.588. The minimum Gasteiger partial charge on any atom is -0.495 e. The zero-order valence-corrected chi connectivity index (χ0v) is 15.3. The molecule has 2 aromatic rings. The van der Waals surface area contributed by atoms with Crippen molar-refractivity contribution in [2.24, 2.45) is 0 Å². The fourth-order valence-corrected chi connectivity index (χ4v) is 10.8. The molecule has 0 bridgehead atoms. The lowest BCUT2D eigenvalue weighted by Gasteiger charge is -2.44. The maximum atomic E-state index is 5.30. The van der Waals surface area contributed by atoms with Gasteiger partial charge in [0.2, 0.25) is 0 Å². The number of methoxy groups -OCH3 is 1. The SMILES string of the molecule is COc1cnc2c(ccn2[Si](C(C)C)(C(C)C)C(C)C)c1. The molecular weight excluding hydrogens is 276 g/mol. The Morgan fingerprint density at radius 3 is 2.10 bits per heavy atom. The average molecular weight is 305 g/mol. The van der Waals surface area contributed by atoms with E-state index in [1.165, 1.54) is 5.39 Å². The lowest BCUT2D eigenvalue weighted by Crippen LogP contribution is -2.51. The van der Waals surface area contributed by atoms with Crippen molar-refractivity contribution in [3.63, 3.8) is 0 Å². The van der Waals surface area contributed by atoms with Gasteiger partial charge in [0, 0.05) is 5.39 Å². The highest BCUT2D eigenvalue weighted by Crippen LogP contribution is 2.44. The highest BCUT2D eigenvalue weighted by molar-refractivity contribution is 6.82. The van der Waals surface area contributed by atoms with E-state index in [1.807, 2.05) is 6.20 Å². The molecule has 4 heteroatoms. The first-order chi connectivity index (χ1) is 9.85. The van der Waals surface area contributed by atoms with Crippen molar-refractivity contribution in [1.82, 2.24) is 9.22 Å². The number of pyridine rings is 1. The largest absolute Gasteiger partial charge is 0.495 e. The molecule has 0 saturated heterocycles. The summed E-state index contributed by atoms with van der Waals surface area (Å²) in [7, 11) is -0.0404. The summed E-state index contributed by atoms with van der Waals surface area (Å²) in [4.78, 5) is 4.70. The smallest absolute Gasteiger partial charge is 0.171 e. The molecule has 0 fully saturated rings. The molecule has 0 saturated carbocycles. The molecule has 0 aromatic carbocycles. The van der Waals surface area contributed by atoms with Gasteiger partial charge in [-0.1, -0.05) is 41.5 Å². The number of hydrogen-bond donors (Lipinski definition) is 0. The van der Waals surface area contributed by atoms with Gasteiger partial charge in [-0.05, 0) is 35.0 Å². The number of ether oxygens (including phenoxy) is 1. The number of rotatable bonds is 5. The second kappa shape index (κ2) is 5.83. The van der Waals surface area contributed by atoms with Gasteiger partial charge in [-0.15, -0.1) is 0 Å². The van der Waals surface area contributed by atoms with Crippen molar-refractivity contribution in [3.8, 4) is 5.75 Å². The van der Waals surface area contributed by atoms with E-state index in [0.29, 0.717) is 16.6 Å². The summed E-state index contributed by atoms with van der Waals surface area (Å²) >= 11 is 0. The molecule has 3 nitrogen and oxygen atoms in total. The second-order valence-electron chi connectivity index (χ2n) is 6.83.